The Labute approximate surface area is 103 Å². The van der Waals surface area contributed by atoms with E-state index < -0.39 is 24.0 Å². The van der Waals surface area contributed by atoms with Gasteiger partial charge >= 0.3 is 5.97 Å². The smallest absolute Gasteiger partial charge is 0.338 e. The molecule has 0 spiro atoms. The summed E-state index contributed by atoms with van der Waals surface area (Å²) in [5.74, 6) is -1.82. The van der Waals surface area contributed by atoms with Gasteiger partial charge in [0.1, 0.15) is 18.0 Å². The fraction of sp³-hybridized carbons (Fsp3) is 0.333. The Hall–Kier alpha value is -1.97. The van der Waals surface area contributed by atoms with Crippen LogP contribution >= 0.6 is 0 Å². The lowest BCUT2D eigenvalue weighted by molar-refractivity contribution is -0.159. The van der Waals surface area contributed by atoms with E-state index in [-0.39, 0.29) is 17.7 Å². The van der Waals surface area contributed by atoms with Gasteiger partial charge in [-0.15, -0.1) is 0 Å². The number of rotatable bonds is 4. The summed E-state index contributed by atoms with van der Waals surface area (Å²) < 4.78 is 17.8. The van der Waals surface area contributed by atoms with Crippen molar-refractivity contribution in [1.29, 1.82) is 5.26 Å². The first-order valence-electron chi connectivity index (χ1n) is 5.23. The van der Waals surface area contributed by atoms with Crippen LogP contribution in [0.2, 0.25) is 0 Å². The molecule has 0 aliphatic rings. The fourth-order valence-electron chi connectivity index (χ4n) is 1.34. The number of carbonyl (C=O) groups is 1. The molecular formula is C12H12FNO4. The number of aliphatic hydroxyl groups is 2. The van der Waals surface area contributed by atoms with Crippen molar-refractivity contribution in [1.82, 2.24) is 0 Å². The summed E-state index contributed by atoms with van der Waals surface area (Å²) in [5, 5.41) is 27.7. The van der Waals surface area contributed by atoms with Crippen molar-refractivity contribution in [2.75, 3.05) is 6.61 Å². The van der Waals surface area contributed by atoms with E-state index in [4.69, 9.17) is 5.26 Å². The number of hydrogen-bond acceptors (Lipinski definition) is 5. The monoisotopic (exact) mass is 253 g/mol. The second-order valence-electron chi connectivity index (χ2n) is 3.49. The SMILES string of the molecule is CCOC(=O)C(O)C(O)c1ccc(C#N)c(F)c1. The van der Waals surface area contributed by atoms with Crippen LogP contribution in [0.4, 0.5) is 4.39 Å². The number of nitrogens with zero attached hydrogens (tertiary/aromatic N) is 1. The molecule has 0 heterocycles. The van der Waals surface area contributed by atoms with Crippen molar-refractivity contribution in [3.05, 3.63) is 35.1 Å². The molecule has 0 fully saturated rings. The van der Waals surface area contributed by atoms with Gasteiger partial charge in [-0.1, -0.05) is 6.07 Å². The average Bonchev–Trinajstić information content (AvgIpc) is 2.37. The van der Waals surface area contributed by atoms with E-state index in [2.05, 4.69) is 4.74 Å². The standard InChI is InChI=1S/C12H12FNO4/c1-2-18-12(17)11(16)10(15)7-3-4-8(6-14)9(13)5-7/h3-5,10-11,15-16H,2H2,1H3. The van der Waals surface area contributed by atoms with E-state index in [1.165, 1.54) is 6.07 Å². The Morgan fingerprint density at radius 3 is 2.72 bits per heavy atom. The molecule has 0 radical (unpaired) electrons. The molecule has 0 saturated heterocycles. The van der Waals surface area contributed by atoms with Crippen LogP contribution in [0.25, 0.3) is 0 Å². The lowest BCUT2D eigenvalue weighted by atomic mass is 10.0. The van der Waals surface area contributed by atoms with Crippen LogP contribution in [0.5, 0.6) is 0 Å². The number of aliphatic hydroxyl groups excluding tert-OH is 2. The van der Waals surface area contributed by atoms with Gasteiger partial charge < -0.3 is 14.9 Å². The first-order valence-corrected chi connectivity index (χ1v) is 5.23. The number of hydrogen-bond donors (Lipinski definition) is 2. The van der Waals surface area contributed by atoms with Gasteiger partial charge in [0.2, 0.25) is 0 Å². The maximum atomic E-state index is 13.3. The van der Waals surface area contributed by atoms with Gasteiger partial charge in [0, 0.05) is 0 Å². The third-order valence-electron chi connectivity index (χ3n) is 2.28. The first-order chi connectivity index (χ1) is 8.51. The summed E-state index contributed by atoms with van der Waals surface area (Å²) in [4.78, 5) is 11.2. The van der Waals surface area contributed by atoms with E-state index in [1.54, 1.807) is 13.0 Å². The van der Waals surface area contributed by atoms with Crippen LogP contribution in [0.3, 0.4) is 0 Å². The molecule has 0 saturated carbocycles. The zero-order chi connectivity index (χ0) is 13.7. The van der Waals surface area contributed by atoms with Gasteiger partial charge in [0.25, 0.3) is 0 Å². The topological polar surface area (TPSA) is 90.6 Å². The predicted octanol–water partition coefficient (Wildman–Crippen LogP) is 0.655. The van der Waals surface area contributed by atoms with E-state index >= 15 is 0 Å². The third-order valence-corrected chi connectivity index (χ3v) is 2.28. The van der Waals surface area contributed by atoms with Gasteiger partial charge in [-0.3, -0.25) is 0 Å². The number of nitriles is 1. The van der Waals surface area contributed by atoms with Crippen molar-refractivity contribution >= 4 is 5.97 Å². The van der Waals surface area contributed by atoms with E-state index in [1.807, 2.05) is 0 Å². The molecule has 1 aromatic rings. The summed E-state index contributed by atoms with van der Waals surface area (Å²) >= 11 is 0. The van der Waals surface area contributed by atoms with Crippen LogP contribution in [-0.2, 0) is 9.53 Å². The molecule has 0 aliphatic heterocycles. The largest absolute Gasteiger partial charge is 0.464 e. The lowest BCUT2D eigenvalue weighted by Gasteiger charge is -2.16. The summed E-state index contributed by atoms with van der Waals surface area (Å²) in [6, 6.07) is 4.93. The van der Waals surface area contributed by atoms with Crippen molar-refractivity contribution < 1.29 is 24.1 Å². The molecule has 18 heavy (non-hydrogen) atoms. The highest BCUT2D eigenvalue weighted by molar-refractivity contribution is 5.75. The summed E-state index contributed by atoms with van der Waals surface area (Å²) in [6.07, 6.45) is -3.40. The second-order valence-corrected chi connectivity index (χ2v) is 3.49. The molecule has 2 N–H and O–H groups in total. The predicted molar refractivity (Wildman–Crippen MR) is 58.7 cm³/mol. The molecule has 0 bridgehead atoms. The summed E-state index contributed by atoms with van der Waals surface area (Å²) in [7, 11) is 0. The molecule has 0 aliphatic carbocycles. The number of halogens is 1. The van der Waals surface area contributed by atoms with Gasteiger partial charge in [0.15, 0.2) is 6.10 Å². The fourth-order valence-corrected chi connectivity index (χ4v) is 1.34. The van der Waals surface area contributed by atoms with Crippen LogP contribution in [0.1, 0.15) is 24.2 Å². The minimum atomic E-state index is -1.79. The molecule has 2 atom stereocenters. The third kappa shape index (κ3) is 3.03. The lowest BCUT2D eigenvalue weighted by Crippen LogP contribution is -2.30. The van der Waals surface area contributed by atoms with Crippen LogP contribution < -0.4 is 0 Å². The second kappa shape index (κ2) is 6.10. The Bertz CT molecular complexity index is 483. The molecule has 0 aromatic heterocycles. The van der Waals surface area contributed by atoms with E-state index in [0.29, 0.717) is 0 Å². The van der Waals surface area contributed by atoms with E-state index in [0.717, 1.165) is 12.1 Å². The maximum Gasteiger partial charge on any atom is 0.338 e. The highest BCUT2D eigenvalue weighted by Crippen LogP contribution is 2.20. The summed E-state index contributed by atoms with van der Waals surface area (Å²) in [5.41, 5.74) is -0.191. The Morgan fingerprint density at radius 2 is 2.22 bits per heavy atom. The number of esters is 1. The Balaban J connectivity index is 2.91. The zero-order valence-corrected chi connectivity index (χ0v) is 9.63. The van der Waals surface area contributed by atoms with Gasteiger partial charge in [-0.05, 0) is 24.6 Å². The number of ether oxygens (including phenoxy) is 1. The molecule has 6 heteroatoms. The molecule has 5 nitrogen and oxygen atoms in total. The quantitative estimate of drug-likeness (QED) is 0.769. The van der Waals surface area contributed by atoms with Crippen LogP contribution in [0, 0.1) is 17.1 Å². The van der Waals surface area contributed by atoms with Gasteiger partial charge in [-0.2, -0.15) is 5.26 Å². The highest BCUT2D eigenvalue weighted by Gasteiger charge is 2.27. The van der Waals surface area contributed by atoms with Crippen molar-refractivity contribution in [3.63, 3.8) is 0 Å². The van der Waals surface area contributed by atoms with Gasteiger partial charge in [0.05, 0.1) is 12.2 Å². The number of carbonyl (C=O) groups excluding carboxylic acids is 1. The average molecular weight is 253 g/mol. The van der Waals surface area contributed by atoms with Crippen molar-refractivity contribution in [3.8, 4) is 6.07 Å². The molecule has 0 amide bonds. The Kier molecular flexibility index (Phi) is 4.77. The van der Waals surface area contributed by atoms with Crippen LogP contribution in [0.15, 0.2) is 18.2 Å². The molecule has 2 unspecified atom stereocenters. The van der Waals surface area contributed by atoms with Crippen molar-refractivity contribution in [2.24, 2.45) is 0 Å². The minimum Gasteiger partial charge on any atom is -0.464 e. The minimum absolute atomic E-state index is 0.00736. The highest BCUT2D eigenvalue weighted by atomic mass is 19.1. The molecule has 96 valence electrons. The maximum absolute atomic E-state index is 13.3. The van der Waals surface area contributed by atoms with Gasteiger partial charge in [-0.25, -0.2) is 9.18 Å². The zero-order valence-electron chi connectivity index (χ0n) is 9.63. The molecule has 1 rings (SSSR count). The Morgan fingerprint density at radius 1 is 1.56 bits per heavy atom. The van der Waals surface area contributed by atoms with E-state index in [9.17, 15) is 19.4 Å². The molecular weight excluding hydrogens is 241 g/mol. The normalized spacial score (nSPS) is 13.5. The molecule has 1 aromatic carbocycles. The first kappa shape index (κ1) is 14.1. The summed E-state index contributed by atoms with van der Waals surface area (Å²) in [6.45, 7) is 1.61. The van der Waals surface area contributed by atoms with Crippen LogP contribution in [-0.4, -0.2) is 28.9 Å². The van der Waals surface area contributed by atoms with Crippen molar-refractivity contribution in [2.45, 2.75) is 19.1 Å². The number of benzene rings is 1.